The number of halogens is 2. The molecular formula is C15H13ClFN5O2. The number of rotatable bonds is 4. The summed E-state index contributed by atoms with van der Waals surface area (Å²) in [5, 5.41) is 14.1. The second-order valence-electron chi connectivity index (χ2n) is 5.22. The standard InChI is InChI=1S/C15H13ClFN5O2/c1-8(2)22-11(6-7-18-22)14-20-21-15(24-14)19-13(23)12-9(16)4-3-5-10(12)17/h3-8H,1-2H3,(H,19,21,23). The van der Waals surface area contributed by atoms with Gasteiger partial charge < -0.3 is 4.42 Å². The quantitative estimate of drug-likeness (QED) is 0.778. The van der Waals surface area contributed by atoms with Gasteiger partial charge in [0, 0.05) is 12.2 Å². The van der Waals surface area contributed by atoms with E-state index in [-0.39, 0.29) is 28.5 Å². The molecule has 1 amide bonds. The van der Waals surface area contributed by atoms with Crippen molar-refractivity contribution in [1.82, 2.24) is 20.0 Å². The van der Waals surface area contributed by atoms with Crippen molar-refractivity contribution in [3.63, 3.8) is 0 Å². The molecule has 7 nitrogen and oxygen atoms in total. The minimum atomic E-state index is -0.773. The Morgan fingerprint density at radius 1 is 1.33 bits per heavy atom. The van der Waals surface area contributed by atoms with Crippen LogP contribution in [-0.2, 0) is 0 Å². The molecule has 0 saturated heterocycles. The molecule has 0 radical (unpaired) electrons. The molecular weight excluding hydrogens is 337 g/mol. The topological polar surface area (TPSA) is 85.8 Å². The van der Waals surface area contributed by atoms with Gasteiger partial charge in [-0.05, 0) is 32.0 Å². The van der Waals surface area contributed by atoms with Crippen LogP contribution in [0.4, 0.5) is 10.4 Å². The van der Waals surface area contributed by atoms with Crippen molar-refractivity contribution in [3.05, 3.63) is 46.9 Å². The molecule has 0 aliphatic rings. The average molecular weight is 350 g/mol. The molecule has 0 fully saturated rings. The molecule has 1 aromatic carbocycles. The van der Waals surface area contributed by atoms with Gasteiger partial charge in [0.05, 0.1) is 10.6 Å². The summed E-state index contributed by atoms with van der Waals surface area (Å²) in [5.41, 5.74) is 0.327. The van der Waals surface area contributed by atoms with Gasteiger partial charge in [0.15, 0.2) is 0 Å². The van der Waals surface area contributed by atoms with Crippen LogP contribution < -0.4 is 5.32 Å². The average Bonchev–Trinajstić information content (AvgIpc) is 3.15. The van der Waals surface area contributed by atoms with E-state index in [1.807, 2.05) is 13.8 Å². The Kier molecular flexibility index (Phi) is 4.30. The number of anilines is 1. The van der Waals surface area contributed by atoms with Crippen LogP contribution in [0.5, 0.6) is 0 Å². The number of amides is 1. The first-order valence-electron chi connectivity index (χ1n) is 7.10. The van der Waals surface area contributed by atoms with Crippen LogP contribution in [0.3, 0.4) is 0 Å². The highest BCUT2D eigenvalue weighted by atomic mass is 35.5. The number of carbonyl (C=O) groups is 1. The molecule has 3 rings (SSSR count). The first kappa shape index (κ1) is 16.1. The van der Waals surface area contributed by atoms with E-state index in [2.05, 4.69) is 20.6 Å². The highest BCUT2D eigenvalue weighted by Gasteiger charge is 2.20. The highest BCUT2D eigenvalue weighted by molar-refractivity contribution is 6.34. The van der Waals surface area contributed by atoms with Crippen LogP contribution in [0.15, 0.2) is 34.9 Å². The largest absolute Gasteiger partial charge is 0.401 e. The van der Waals surface area contributed by atoms with Gasteiger partial charge in [0.2, 0.25) is 0 Å². The first-order chi connectivity index (χ1) is 11.5. The molecule has 0 spiro atoms. The number of carbonyl (C=O) groups excluding carboxylic acids is 1. The normalized spacial score (nSPS) is 11.0. The van der Waals surface area contributed by atoms with Crippen molar-refractivity contribution in [2.45, 2.75) is 19.9 Å². The minimum absolute atomic E-state index is 0.00915. The zero-order valence-electron chi connectivity index (χ0n) is 12.8. The second-order valence-corrected chi connectivity index (χ2v) is 5.63. The predicted octanol–water partition coefficient (Wildman–Crippen LogP) is 3.56. The van der Waals surface area contributed by atoms with Crippen molar-refractivity contribution in [3.8, 4) is 11.6 Å². The SMILES string of the molecule is CC(C)n1nccc1-c1nnc(NC(=O)c2c(F)cccc2Cl)o1. The van der Waals surface area contributed by atoms with Gasteiger partial charge in [-0.2, -0.15) is 5.10 Å². The smallest absolute Gasteiger partial charge is 0.322 e. The van der Waals surface area contributed by atoms with Crippen LogP contribution in [0, 0.1) is 5.82 Å². The summed E-state index contributed by atoms with van der Waals surface area (Å²) in [6.07, 6.45) is 1.61. The summed E-state index contributed by atoms with van der Waals surface area (Å²) in [6.45, 7) is 3.91. The van der Waals surface area contributed by atoms with Crippen molar-refractivity contribution in [2.75, 3.05) is 5.32 Å². The second kappa shape index (κ2) is 6.40. The maximum atomic E-state index is 13.8. The van der Waals surface area contributed by atoms with Gasteiger partial charge in [0.1, 0.15) is 11.5 Å². The summed E-state index contributed by atoms with van der Waals surface area (Å²) in [4.78, 5) is 12.1. The first-order valence-corrected chi connectivity index (χ1v) is 7.48. The molecule has 0 bridgehead atoms. The summed E-state index contributed by atoms with van der Waals surface area (Å²) < 4.78 is 20.9. The molecule has 0 atom stereocenters. The fraction of sp³-hybridized carbons (Fsp3) is 0.200. The van der Waals surface area contributed by atoms with E-state index in [0.29, 0.717) is 5.69 Å². The fourth-order valence-corrected chi connectivity index (χ4v) is 2.40. The van der Waals surface area contributed by atoms with Crippen molar-refractivity contribution in [2.24, 2.45) is 0 Å². The number of hydrogen-bond acceptors (Lipinski definition) is 5. The number of nitrogens with one attached hydrogen (secondary N) is 1. The van der Waals surface area contributed by atoms with Gasteiger partial charge in [0.25, 0.3) is 11.8 Å². The molecule has 0 aliphatic carbocycles. The van der Waals surface area contributed by atoms with Gasteiger partial charge in [-0.1, -0.05) is 22.8 Å². The summed E-state index contributed by atoms with van der Waals surface area (Å²) in [6, 6.07) is 5.61. The van der Waals surface area contributed by atoms with E-state index < -0.39 is 11.7 Å². The van der Waals surface area contributed by atoms with Crippen LogP contribution in [0.2, 0.25) is 5.02 Å². The Morgan fingerprint density at radius 3 is 2.83 bits per heavy atom. The number of hydrogen-bond donors (Lipinski definition) is 1. The zero-order valence-corrected chi connectivity index (χ0v) is 13.6. The third-order valence-electron chi connectivity index (χ3n) is 3.21. The molecule has 124 valence electrons. The lowest BCUT2D eigenvalue weighted by Crippen LogP contribution is -2.14. The summed E-state index contributed by atoms with van der Waals surface area (Å²) >= 11 is 5.85. The molecule has 1 N–H and O–H groups in total. The predicted molar refractivity (Wildman–Crippen MR) is 85.3 cm³/mol. The van der Waals surface area contributed by atoms with E-state index in [0.717, 1.165) is 6.07 Å². The Bertz CT molecular complexity index is 869. The molecule has 0 saturated carbocycles. The van der Waals surface area contributed by atoms with E-state index >= 15 is 0 Å². The maximum Gasteiger partial charge on any atom is 0.322 e. The number of aromatic nitrogens is 4. The van der Waals surface area contributed by atoms with Crippen LogP contribution >= 0.6 is 11.6 Å². The maximum absolute atomic E-state index is 13.8. The molecule has 9 heteroatoms. The van der Waals surface area contributed by atoms with Crippen LogP contribution in [0.1, 0.15) is 30.2 Å². The summed E-state index contributed by atoms with van der Waals surface area (Å²) in [5.74, 6) is -1.32. The third kappa shape index (κ3) is 3.00. The molecule has 2 aromatic heterocycles. The summed E-state index contributed by atoms with van der Waals surface area (Å²) in [7, 11) is 0. The van der Waals surface area contributed by atoms with Crippen LogP contribution in [0.25, 0.3) is 11.6 Å². The highest BCUT2D eigenvalue weighted by Crippen LogP contribution is 2.24. The Labute approximate surface area is 141 Å². The van der Waals surface area contributed by atoms with Gasteiger partial charge in [-0.25, -0.2) is 4.39 Å². The Balaban J connectivity index is 1.84. The van der Waals surface area contributed by atoms with E-state index in [4.69, 9.17) is 16.0 Å². The van der Waals surface area contributed by atoms with Crippen molar-refractivity contribution in [1.29, 1.82) is 0 Å². The van der Waals surface area contributed by atoms with E-state index in [1.54, 1.807) is 16.9 Å². The Hall–Kier alpha value is -2.74. The lowest BCUT2D eigenvalue weighted by molar-refractivity contribution is 0.102. The fourth-order valence-electron chi connectivity index (χ4n) is 2.15. The van der Waals surface area contributed by atoms with Crippen molar-refractivity contribution < 1.29 is 13.6 Å². The van der Waals surface area contributed by atoms with Gasteiger partial charge >= 0.3 is 6.01 Å². The van der Waals surface area contributed by atoms with Crippen LogP contribution in [-0.4, -0.2) is 25.9 Å². The molecule has 24 heavy (non-hydrogen) atoms. The molecule has 2 heterocycles. The van der Waals surface area contributed by atoms with Gasteiger partial charge in [-0.3, -0.25) is 14.8 Å². The van der Waals surface area contributed by atoms with E-state index in [1.165, 1.54) is 12.1 Å². The number of benzene rings is 1. The number of nitrogens with zero attached hydrogens (tertiary/aromatic N) is 4. The van der Waals surface area contributed by atoms with E-state index in [9.17, 15) is 9.18 Å². The monoisotopic (exact) mass is 349 g/mol. The third-order valence-corrected chi connectivity index (χ3v) is 3.53. The molecule has 0 aliphatic heterocycles. The molecule has 3 aromatic rings. The zero-order chi connectivity index (χ0) is 17.3. The lowest BCUT2D eigenvalue weighted by atomic mass is 10.2. The Morgan fingerprint density at radius 2 is 2.12 bits per heavy atom. The van der Waals surface area contributed by atoms with Crippen molar-refractivity contribution >= 4 is 23.5 Å². The van der Waals surface area contributed by atoms with Gasteiger partial charge in [-0.15, -0.1) is 5.10 Å². The molecule has 0 unspecified atom stereocenters. The minimum Gasteiger partial charge on any atom is -0.401 e. The lowest BCUT2D eigenvalue weighted by Gasteiger charge is -2.07.